The highest BCUT2D eigenvalue weighted by Gasteiger charge is 2.20. The Kier molecular flexibility index (Phi) is 9.24. The van der Waals surface area contributed by atoms with E-state index in [-0.39, 0.29) is 6.61 Å². The first-order valence-corrected chi connectivity index (χ1v) is 5.97. The normalized spacial score (nSPS) is 10.9. The van der Waals surface area contributed by atoms with Crippen LogP contribution in [-0.2, 0) is 14.3 Å². The van der Waals surface area contributed by atoms with Crippen molar-refractivity contribution in [3.8, 4) is 11.7 Å². The third kappa shape index (κ3) is 6.97. The van der Waals surface area contributed by atoms with Crippen LogP contribution in [0, 0.1) is 22.2 Å². The fraction of sp³-hybridized carbons (Fsp3) is 0.700. The fourth-order valence-electron chi connectivity index (χ4n) is 1.07. The van der Waals surface area contributed by atoms with Crippen molar-refractivity contribution in [1.29, 1.82) is 10.5 Å². The van der Waals surface area contributed by atoms with E-state index >= 15 is 0 Å². The molecule has 0 saturated heterocycles. The molecular weight excluding hydrogens is 228 g/mol. The second-order valence-corrected chi connectivity index (χ2v) is 3.76. The van der Waals surface area contributed by atoms with Crippen LogP contribution >= 0.6 is 11.8 Å². The molecule has 5 nitrogen and oxygen atoms in total. The lowest BCUT2D eigenvalue weighted by Crippen LogP contribution is -2.25. The van der Waals surface area contributed by atoms with Crippen LogP contribution in [0.4, 0.5) is 0 Å². The molecule has 1 unspecified atom stereocenters. The van der Waals surface area contributed by atoms with E-state index in [1.807, 2.05) is 5.40 Å². The largest absolute Gasteiger partial charge is 0.463 e. The Labute approximate surface area is 99.3 Å². The van der Waals surface area contributed by atoms with Crippen molar-refractivity contribution in [3.05, 3.63) is 0 Å². The van der Waals surface area contributed by atoms with Crippen LogP contribution < -0.4 is 0 Å². The Balaban J connectivity index is 3.82. The van der Waals surface area contributed by atoms with E-state index in [1.54, 1.807) is 6.92 Å². The summed E-state index contributed by atoms with van der Waals surface area (Å²) in [5.41, 5.74) is 0. The summed E-state index contributed by atoms with van der Waals surface area (Å²) in [4.78, 5) is 11.3. The van der Waals surface area contributed by atoms with Crippen molar-refractivity contribution in [3.63, 3.8) is 0 Å². The molecule has 0 bridgehead atoms. The molecule has 16 heavy (non-hydrogen) atoms. The molecule has 0 amide bonds. The van der Waals surface area contributed by atoms with E-state index < -0.39 is 12.1 Å². The first-order chi connectivity index (χ1) is 7.76. The zero-order chi connectivity index (χ0) is 12.2. The average molecular weight is 242 g/mol. The van der Waals surface area contributed by atoms with E-state index in [0.717, 1.165) is 18.6 Å². The number of esters is 1. The molecule has 0 aromatic rings. The summed E-state index contributed by atoms with van der Waals surface area (Å²) in [5, 5.41) is 18.6. The van der Waals surface area contributed by atoms with Crippen LogP contribution in [0.25, 0.3) is 0 Å². The first-order valence-electron chi connectivity index (χ1n) is 4.98. The average Bonchev–Trinajstić information content (AvgIpc) is 2.27. The number of rotatable bonds is 8. The standard InChI is InChI=1S/C10H14N2O3S/c1-2-14-10(13)9(15-7-11)5-3-4-6-16-8-12/h9H,2-6H2,1H3. The molecule has 0 aromatic carbocycles. The number of hydrogen-bond acceptors (Lipinski definition) is 6. The highest BCUT2D eigenvalue weighted by atomic mass is 32.2. The van der Waals surface area contributed by atoms with Gasteiger partial charge in [0.1, 0.15) is 5.40 Å². The van der Waals surface area contributed by atoms with Crippen LogP contribution in [0.1, 0.15) is 26.2 Å². The molecule has 0 N–H and O–H groups in total. The van der Waals surface area contributed by atoms with E-state index in [4.69, 9.17) is 15.3 Å². The van der Waals surface area contributed by atoms with Gasteiger partial charge in [0.05, 0.1) is 6.61 Å². The number of ether oxygens (including phenoxy) is 2. The third-order valence-electron chi connectivity index (χ3n) is 1.77. The second kappa shape index (κ2) is 10.1. The highest BCUT2D eigenvalue weighted by molar-refractivity contribution is 8.03. The molecule has 88 valence electrons. The molecule has 0 heterocycles. The van der Waals surface area contributed by atoms with Gasteiger partial charge in [-0.15, -0.1) is 0 Å². The predicted octanol–water partition coefficient (Wildman–Crippen LogP) is 1.80. The molecule has 0 aliphatic carbocycles. The summed E-state index contributed by atoms with van der Waals surface area (Å²) in [6, 6.07) is 0. The van der Waals surface area contributed by atoms with E-state index in [2.05, 4.69) is 4.74 Å². The number of nitrogens with zero attached hydrogens (tertiary/aromatic N) is 2. The topological polar surface area (TPSA) is 83.1 Å². The van der Waals surface area contributed by atoms with Crippen LogP contribution in [0.2, 0.25) is 0 Å². The molecular formula is C10H14N2O3S. The monoisotopic (exact) mass is 242 g/mol. The van der Waals surface area contributed by atoms with Gasteiger partial charge >= 0.3 is 5.97 Å². The number of unbranched alkanes of at least 4 members (excludes halogenated alkanes) is 1. The van der Waals surface area contributed by atoms with Gasteiger partial charge in [-0.05, 0) is 37.9 Å². The lowest BCUT2D eigenvalue weighted by atomic mass is 10.1. The van der Waals surface area contributed by atoms with E-state index in [1.165, 1.54) is 18.0 Å². The van der Waals surface area contributed by atoms with Crippen LogP contribution in [0.5, 0.6) is 0 Å². The zero-order valence-electron chi connectivity index (χ0n) is 9.14. The Hall–Kier alpha value is -1.40. The van der Waals surface area contributed by atoms with Crippen molar-refractivity contribution >= 4 is 17.7 Å². The summed E-state index contributed by atoms with van der Waals surface area (Å²) in [6.45, 7) is 1.97. The van der Waals surface area contributed by atoms with Crippen LogP contribution in [0.15, 0.2) is 0 Å². The van der Waals surface area contributed by atoms with Gasteiger partial charge in [0.25, 0.3) is 6.26 Å². The van der Waals surface area contributed by atoms with Crippen molar-refractivity contribution in [1.82, 2.24) is 0 Å². The minimum absolute atomic E-state index is 0.272. The smallest absolute Gasteiger partial charge is 0.348 e. The first kappa shape index (κ1) is 14.6. The SMILES string of the molecule is CCOC(=O)C(CCCCSC#N)OC#N. The van der Waals surface area contributed by atoms with Crippen molar-refractivity contribution in [2.24, 2.45) is 0 Å². The lowest BCUT2D eigenvalue weighted by molar-refractivity contribution is -0.153. The van der Waals surface area contributed by atoms with Gasteiger partial charge in [-0.3, -0.25) is 0 Å². The van der Waals surface area contributed by atoms with Crippen molar-refractivity contribution in [2.75, 3.05) is 12.4 Å². The molecule has 0 rings (SSSR count). The van der Waals surface area contributed by atoms with Gasteiger partial charge in [0, 0.05) is 5.75 Å². The summed E-state index contributed by atoms with van der Waals surface area (Å²) in [5.74, 6) is 0.218. The summed E-state index contributed by atoms with van der Waals surface area (Å²) < 4.78 is 9.38. The third-order valence-corrected chi connectivity index (χ3v) is 2.39. The maximum atomic E-state index is 11.3. The number of nitriles is 2. The Bertz CT molecular complexity index is 283. The van der Waals surface area contributed by atoms with E-state index in [9.17, 15) is 4.79 Å². The molecule has 0 aliphatic rings. The number of carbonyl (C=O) groups is 1. The fourth-order valence-corrected chi connectivity index (χ4v) is 1.51. The van der Waals surface area contributed by atoms with Gasteiger partial charge in [-0.25, -0.2) is 4.79 Å². The molecule has 0 spiro atoms. The maximum Gasteiger partial charge on any atom is 0.348 e. The minimum Gasteiger partial charge on any atom is -0.463 e. The number of thioether (sulfide) groups is 1. The molecule has 1 atom stereocenters. The predicted molar refractivity (Wildman–Crippen MR) is 59.0 cm³/mol. The van der Waals surface area contributed by atoms with Gasteiger partial charge in [-0.2, -0.15) is 10.5 Å². The number of carbonyl (C=O) groups excluding carboxylic acids is 1. The molecule has 0 saturated carbocycles. The molecule has 0 fully saturated rings. The zero-order valence-corrected chi connectivity index (χ0v) is 9.96. The summed E-state index contributed by atoms with van der Waals surface area (Å²) in [7, 11) is 0. The van der Waals surface area contributed by atoms with Gasteiger partial charge < -0.3 is 9.47 Å². The molecule has 0 aromatic heterocycles. The van der Waals surface area contributed by atoms with Gasteiger partial charge in [-0.1, -0.05) is 0 Å². The Morgan fingerprint density at radius 1 is 1.44 bits per heavy atom. The summed E-state index contributed by atoms with van der Waals surface area (Å²) >= 11 is 1.18. The Morgan fingerprint density at radius 3 is 2.75 bits per heavy atom. The van der Waals surface area contributed by atoms with Crippen LogP contribution in [-0.4, -0.2) is 24.4 Å². The quantitative estimate of drug-likeness (QED) is 0.366. The van der Waals surface area contributed by atoms with Gasteiger partial charge in [0.2, 0.25) is 6.10 Å². The molecule has 0 aliphatic heterocycles. The van der Waals surface area contributed by atoms with Crippen LogP contribution in [0.3, 0.4) is 0 Å². The maximum absolute atomic E-state index is 11.3. The number of hydrogen-bond donors (Lipinski definition) is 0. The van der Waals surface area contributed by atoms with E-state index in [0.29, 0.717) is 6.42 Å². The minimum atomic E-state index is -0.808. The highest BCUT2D eigenvalue weighted by Crippen LogP contribution is 2.09. The second-order valence-electron chi connectivity index (χ2n) is 2.89. The Morgan fingerprint density at radius 2 is 2.19 bits per heavy atom. The molecule has 0 radical (unpaired) electrons. The van der Waals surface area contributed by atoms with Crippen molar-refractivity contribution in [2.45, 2.75) is 32.3 Å². The van der Waals surface area contributed by atoms with Crippen molar-refractivity contribution < 1.29 is 14.3 Å². The lowest BCUT2D eigenvalue weighted by Gasteiger charge is -2.11. The molecule has 6 heteroatoms. The number of thiocyanates is 1. The summed E-state index contributed by atoms with van der Waals surface area (Å²) in [6.07, 6.45) is 2.67. The van der Waals surface area contributed by atoms with Gasteiger partial charge in [0.15, 0.2) is 0 Å².